The van der Waals surface area contributed by atoms with Gasteiger partial charge in [-0.2, -0.15) is 0 Å². The van der Waals surface area contributed by atoms with Gasteiger partial charge in [0.15, 0.2) is 0 Å². The first kappa shape index (κ1) is 36.1. The van der Waals surface area contributed by atoms with Gasteiger partial charge in [-0.15, -0.1) is 0 Å². The van der Waals surface area contributed by atoms with Crippen LogP contribution in [0.4, 0.5) is 17.1 Å². The van der Waals surface area contributed by atoms with Crippen LogP contribution in [0.25, 0.3) is 88.0 Å². The highest BCUT2D eigenvalue weighted by atomic mass is 16.3. The first-order chi connectivity index (χ1) is 32.2. The van der Waals surface area contributed by atoms with Gasteiger partial charge in [-0.25, -0.2) is 0 Å². The Kier molecular flexibility index (Phi) is 7.64. The topological polar surface area (TPSA) is 16.4 Å². The molecule has 0 radical (unpaired) electrons. The molecule has 0 atom stereocenters. The summed E-state index contributed by atoms with van der Waals surface area (Å²) in [6.07, 6.45) is 0. The Hall–Kier alpha value is -8.46. The number of furan rings is 1. The van der Waals surface area contributed by atoms with E-state index < -0.39 is 5.41 Å². The summed E-state index contributed by atoms with van der Waals surface area (Å²) in [4.78, 5) is 2.46. The molecule has 1 aromatic heterocycles. The lowest BCUT2D eigenvalue weighted by Gasteiger charge is -2.32. The van der Waals surface area contributed by atoms with Crippen molar-refractivity contribution in [2.75, 3.05) is 4.90 Å². The SMILES string of the molecule is c1ccc(-c2ccc(N(c3ccc4c(c3)C3(c5ccccc5-c5ccccc53)c3ccccc3-4)c3cccc4oc5c6ccccc6c(-c6ccc7ccccc7c6)cc5c34)cc2)cc1. The minimum atomic E-state index is -0.472. The molecule has 65 heavy (non-hydrogen) atoms. The van der Waals surface area contributed by atoms with E-state index in [2.05, 4.69) is 241 Å². The predicted octanol–water partition coefficient (Wildman–Crippen LogP) is 17.0. The summed E-state index contributed by atoms with van der Waals surface area (Å²) in [5, 5.41) is 6.90. The van der Waals surface area contributed by atoms with Crippen molar-refractivity contribution in [2.24, 2.45) is 0 Å². The zero-order valence-corrected chi connectivity index (χ0v) is 35.4. The van der Waals surface area contributed by atoms with E-state index in [-0.39, 0.29) is 0 Å². The van der Waals surface area contributed by atoms with Crippen LogP contribution in [0.15, 0.2) is 241 Å². The van der Waals surface area contributed by atoms with Gasteiger partial charge in [0.05, 0.1) is 16.5 Å². The standard InChI is InChI=1S/C63H39NO/c1-2-15-40(16-3-1)42-31-33-45(34-32-42)64(46-35-36-51-50-22-10-13-26-57(50)63(58(51)38-46)55-24-11-8-20-48(55)49-21-9-12-25-56(49)63)59-27-14-28-60-61(59)54-39-53(47-19-6-7-23-52(47)62(54)65-60)44-30-29-41-17-4-5-18-43(41)37-44/h1-39H. The molecule has 0 saturated carbocycles. The molecular weight excluding hydrogens is 787 g/mol. The van der Waals surface area contributed by atoms with E-state index in [1.807, 2.05) is 0 Å². The first-order valence-corrected chi connectivity index (χ1v) is 22.5. The van der Waals surface area contributed by atoms with Crippen LogP contribution in [0.2, 0.25) is 0 Å². The maximum atomic E-state index is 7.01. The van der Waals surface area contributed by atoms with Gasteiger partial charge in [0.2, 0.25) is 0 Å². The van der Waals surface area contributed by atoms with Crippen molar-refractivity contribution in [3.63, 3.8) is 0 Å². The first-order valence-electron chi connectivity index (χ1n) is 22.5. The second kappa shape index (κ2) is 13.8. The van der Waals surface area contributed by atoms with Crippen LogP contribution in [0.5, 0.6) is 0 Å². The van der Waals surface area contributed by atoms with Crippen LogP contribution < -0.4 is 4.90 Å². The van der Waals surface area contributed by atoms with Crippen molar-refractivity contribution in [3.8, 4) is 44.5 Å². The van der Waals surface area contributed by atoms with E-state index >= 15 is 0 Å². The molecule has 0 aliphatic heterocycles. The highest BCUT2D eigenvalue weighted by molar-refractivity contribution is 6.23. The minimum Gasteiger partial charge on any atom is -0.455 e. The molecule has 2 aliphatic carbocycles. The lowest BCUT2D eigenvalue weighted by Crippen LogP contribution is -2.26. The van der Waals surface area contributed by atoms with Crippen LogP contribution in [-0.2, 0) is 5.41 Å². The van der Waals surface area contributed by atoms with E-state index in [1.54, 1.807) is 0 Å². The maximum absolute atomic E-state index is 7.01. The van der Waals surface area contributed by atoms with Gasteiger partial charge in [0.25, 0.3) is 0 Å². The monoisotopic (exact) mass is 825 g/mol. The van der Waals surface area contributed by atoms with Gasteiger partial charge < -0.3 is 9.32 Å². The maximum Gasteiger partial charge on any atom is 0.143 e. The van der Waals surface area contributed by atoms with Crippen LogP contribution in [-0.4, -0.2) is 0 Å². The smallest absolute Gasteiger partial charge is 0.143 e. The molecule has 302 valence electrons. The molecule has 0 bridgehead atoms. The van der Waals surface area contributed by atoms with Gasteiger partial charge in [-0.3, -0.25) is 0 Å². The number of nitrogens with zero attached hydrogens (tertiary/aromatic N) is 1. The number of hydrogen-bond acceptors (Lipinski definition) is 2. The Morgan fingerprint density at radius 3 is 1.62 bits per heavy atom. The van der Waals surface area contributed by atoms with Crippen molar-refractivity contribution in [1.29, 1.82) is 0 Å². The number of fused-ring (bicyclic) bond motifs is 16. The molecule has 0 amide bonds. The summed E-state index contributed by atoms with van der Waals surface area (Å²) in [5.74, 6) is 0. The fourth-order valence-electron chi connectivity index (χ4n) is 11.5. The highest BCUT2D eigenvalue weighted by Crippen LogP contribution is 2.63. The van der Waals surface area contributed by atoms with Crippen molar-refractivity contribution in [1.82, 2.24) is 0 Å². The number of hydrogen-bond donors (Lipinski definition) is 0. The zero-order valence-electron chi connectivity index (χ0n) is 35.4. The van der Waals surface area contributed by atoms with E-state index in [4.69, 9.17) is 4.42 Å². The number of benzene rings is 11. The van der Waals surface area contributed by atoms with Gasteiger partial charge in [0.1, 0.15) is 11.2 Å². The second-order valence-electron chi connectivity index (χ2n) is 17.5. The van der Waals surface area contributed by atoms with Crippen LogP contribution >= 0.6 is 0 Å². The quantitative estimate of drug-likeness (QED) is 0.172. The average molecular weight is 826 g/mol. The Morgan fingerprint density at radius 2 is 0.892 bits per heavy atom. The lowest BCUT2D eigenvalue weighted by molar-refractivity contribution is 0.672. The molecule has 2 heteroatoms. The van der Waals surface area contributed by atoms with E-state index in [0.29, 0.717) is 0 Å². The molecule has 0 unspecified atom stereocenters. The van der Waals surface area contributed by atoms with E-state index in [9.17, 15) is 0 Å². The molecule has 0 N–H and O–H groups in total. The molecule has 0 fully saturated rings. The molecule has 11 aromatic carbocycles. The molecule has 0 saturated heterocycles. The van der Waals surface area contributed by atoms with Gasteiger partial charge in [-0.05, 0) is 131 Å². The van der Waals surface area contributed by atoms with Gasteiger partial charge in [0, 0.05) is 22.1 Å². The predicted molar refractivity (Wildman–Crippen MR) is 271 cm³/mol. The van der Waals surface area contributed by atoms with Crippen LogP contribution in [0.1, 0.15) is 22.3 Å². The molecule has 2 nitrogen and oxygen atoms in total. The van der Waals surface area contributed by atoms with Crippen LogP contribution in [0.3, 0.4) is 0 Å². The highest BCUT2D eigenvalue weighted by Gasteiger charge is 2.51. The third-order valence-corrected chi connectivity index (χ3v) is 14.3. The number of rotatable bonds is 5. The second-order valence-corrected chi connectivity index (χ2v) is 17.5. The van der Waals surface area contributed by atoms with Crippen molar-refractivity contribution in [3.05, 3.63) is 259 Å². The fraction of sp³-hybridized carbons (Fsp3) is 0.0159. The summed E-state index contributed by atoms with van der Waals surface area (Å²) in [6, 6.07) is 87.0. The third kappa shape index (κ3) is 5.11. The molecule has 2 aliphatic rings. The molecule has 1 spiro atoms. The Balaban J connectivity index is 1.05. The van der Waals surface area contributed by atoms with Gasteiger partial charge in [-0.1, -0.05) is 188 Å². The lowest BCUT2D eigenvalue weighted by atomic mass is 9.70. The Labute approximate surface area is 376 Å². The minimum absolute atomic E-state index is 0.472. The van der Waals surface area contributed by atoms with Crippen molar-refractivity contribution < 1.29 is 4.42 Å². The van der Waals surface area contributed by atoms with Crippen molar-refractivity contribution >= 4 is 60.5 Å². The summed E-state index contributed by atoms with van der Waals surface area (Å²) in [5.41, 5.74) is 19.7. The molecule has 1 heterocycles. The largest absolute Gasteiger partial charge is 0.455 e. The normalized spacial score (nSPS) is 13.0. The molecule has 14 rings (SSSR count). The summed E-state index contributed by atoms with van der Waals surface area (Å²) < 4.78 is 7.01. The van der Waals surface area contributed by atoms with E-state index in [1.165, 1.54) is 82.9 Å². The zero-order chi connectivity index (χ0) is 42.6. The fourth-order valence-corrected chi connectivity index (χ4v) is 11.5. The number of anilines is 3. The van der Waals surface area contributed by atoms with Crippen molar-refractivity contribution in [2.45, 2.75) is 5.41 Å². The van der Waals surface area contributed by atoms with E-state index in [0.717, 1.165) is 44.4 Å². The average Bonchev–Trinajstić information content (AvgIpc) is 4.01. The Morgan fingerprint density at radius 1 is 0.323 bits per heavy atom. The molecular formula is C63H39NO. The summed E-state index contributed by atoms with van der Waals surface area (Å²) >= 11 is 0. The summed E-state index contributed by atoms with van der Waals surface area (Å²) in [6.45, 7) is 0. The molecule has 12 aromatic rings. The third-order valence-electron chi connectivity index (χ3n) is 14.3. The van der Waals surface area contributed by atoms with Gasteiger partial charge >= 0.3 is 0 Å². The Bertz CT molecular complexity index is 3830. The van der Waals surface area contributed by atoms with Crippen LogP contribution in [0, 0.1) is 0 Å². The summed E-state index contributed by atoms with van der Waals surface area (Å²) in [7, 11) is 0.